The predicted octanol–water partition coefficient (Wildman–Crippen LogP) is 3.17. The third kappa shape index (κ3) is 3.07. The molecule has 0 aliphatic heterocycles. The Bertz CT molecular complexity index is 643. The van der Waals surface area contributed by atoms with Gasteiger partial charge in [-0.2, -0.15) is 0 Å². The Labute approximate surface area is 118 Å². The summed E-state index contributed by atoms with van der Waals surface area (Å²) in [5.41, 5.74) is 0. The van der Waals surface area contributed by atoms with Crippen LogP contribution in [-0.4, -0.2) is 20.0 Å². The maximum absolute atomic E-state index is 12.0. The molecule has 0 spiro atoms. The van der Waals surface area contributed by atoms with Crippen LogP contribution in [0.4, 0.5) is 0 Å². The molecule has 0 amide bonds. The van der Waals surface area contributed by atoms with Gasteiger partial charge < -0.3 is 0 Å². The minimum atomic E-state index is -3.57. The Morgan fingerprint density at radius 3 is 2.39 bits per heavy atom. The standard InChI is InChI=1S/C12H9BrO3S2/c13-9-3-5-10(6-4-9)18(15,16)8-11(14)12-2-1-7-17-12/h1-7H,8H2. The van der Waals surface area contributed by atoms with Crippen LogP contribution >= 0.6 is 27.3 Å². The molecule has 3 nitrogen and oxygen atoms in total. The Kier molecular flexibility index (Phi) is 3.99. The Morgan fingerprint density at radius 1 is 1.17 bits per heavy atom. The summed E-state index contributed by atoms with van der Waals surface area (Å²) in [5, 5.41) is 1.75. The third-order valence-corrected chi connectivity index (χ3v) is 5.36. The molecule has 0 saturated carbocycles. The highest BCUT2D eigenvalue weighted by Gasteiger charge is 2.20. The molecule has 0 aliphatic carbocycles. The Morgan fingerprint density at radius 2 is 1.83 bits per heavy atom. The van der Waals surface area contributed by atoms with Crippen molar-refractivity contribution in [3.8, 4) is 0 Å². The molecule has 0 fully saturated rings. The Balaban J connectivity index is 2.22. The monoisotopic (exact) mass is 344 g/mol. The highest BCUT2D eigenvalue weighted by molar-refractivity contribution is 9.10. The lowest BCUT2D eigenvalue weighted by molar-refractivity contribution is 0.102. The smallest absolute Gasteiger partial charge is 0.188 e. The number of hydrogen-bond donors (Lipinski definition) is 0. The number of halogens is 1. The summed E-state index contributed by atoms with van der Waals surface area (Å²) in [4.78, 5) is 12.4. The zero-order chi connectivity index (χ0) is 13.2. The number of Topliss-reactive ketones (excluding diaryl/α,β-unsaturated/α-hetero) is 1. The molecule has 1 heterocycles. The van der Waals surface area contributed by atoms with Crippen LogP contribution in [0, 0.1) is 0 Å². The molecule has 0 unspecified atom stereocenters. The summed E-state index contributed by atoms with van der Waals surface area (Å²) in [7, 11) is -3.57. The maximum atomic E-state index is 12.0. The minimum Gasteiger partial charge on any atom is -0.292 e. The van der Waals surface area contributed by atoms with Crippen molar-refractivity contribution >= 4 is 42.9 Å². The largest absolute Gasteiger partial charge is 0.292 e. The van der Waals surface area contributed by atoms with Crippen LogP contribution < -0.4 is 0 Å². The van der Waals surface area contributed by atoms with E-state index in [1.54, 1.807) is 29.6 Å². The van der Waals surface area contributed by atoms with Crippen molar-refractivity contribution in [2.45, 2.75) is 4.90 Å². The second-order valence-electron chi connectivity index (χ2n) is 3.61. The number of carbonyl (C=O) groups excluding carboxylic acids is 1. The average molecular weight is 345 g/mol. The van der Waals surface area contributed by atoms with Crippen LogP contribution in [0.15, 0.2) is 51.1 Å². The van der Waals surface area contributed by atoms with E-state index in [0.717, 1.165) is 4.47 Å². The van der Waals surface area contributed by atoms with E-state index in [2.05, 4.69) is 15.9 Å². The number of carbonyl (C=O) groups is 1. The number of thiophene rings is 1. The molecule has 18 heavy (non-hydrogen) atoms. The number of rotatable bonds is 4. The highest BCUT2D eigenvalue weighted by Crippen LogP contribution is 2.18. The van der Waals surface area contributed by atoms with Gasteiger partial charge in [0.2, 0.25) is 0 Å². The molecular formula is C12H9BrO3S2. The lowest BCUT2D eigenvalue weighted by atomic mass is 10.3. The van der Waals surface area contributed by atoms with Crippen LogP contribution in [0.25, 0.3) is 0 Å². The van der Waals surface area contributed by atoms with E-state index >= 15 is 0 Å². The van der Waals surface area contributed by atoms with Crippen molar-refractivity contribution in [2.24, 2.45) is 0 Å². The van der Waals surface area contributed by atoms with Crippen molar-refractivity contribution in [1.82, 2.24) is 0 Å². The molecule has 0 aliphatic rings. The molecule has 0 radical (unpaired) electrons. The fourth-order valence-corrected chi connectivity index (χ4v) is 3.64. The van der Waals surface area contributed by atoms with Gasteiger partial charge >= 0.3 is 0 Å². The zero-order valence-electron chi connectivity index (χ0n) is 9.17. The van der Waals surface area contributed by atoms with Gasteiger partial charge in [-0.05, 0) is 35.7 Å². The van der Waals surface area contributed by atoms with E-state index < -0.39 is 15.6 Å². The molecule has 2 rings (SSSR count). The second-order valence-corrected chi connectivity index (χ2v) is 7.47. The van der Waals surface area contributed by atoms with Gasteiger partial charge in [0.25, 0.3) is 0 Å². The molecule has 1 aromatic heterocycles. The van der Waals surface area contributed by atoms with Crippen molar-refractivity contribution < 1.29 is 13.2 Å². The van der Waals surface area contributed by atoms with E-state index in [9.17, 15) is 13.2 Å². The van der Waals surface area contributed by atoms with Gasteiger partial charge in [-0.1, -0.05) is 22.0 Å². The molecular weight excluding hydrogens is 336 g/mol. The van der Waals surface area contributed by atoms with Crippen molar-refractivity contribution in [2.75, 3.05) is 5.75 Å². The second kappa shape index (κ2) is 5.34. The molecule has 94 valence electrons. The number of ketones is 1. The molecule has 6 heteroatoms. The van der Waals surface area contributed by atoms with Crippen molar-refractivity contribution in [1.29, 1.82) is 0 Å². The first-order valence-corrected chi connectivity index (χ1v) is 8.36. The topological polar surface area (TPSA) is 51.2 Å². The van der Waals surface area contributed by atoms with Gasteiger partial charge in [-0.25, -0.2) is 8.42 Å². The van der Waals surface area contributed by atoms with Crippen LogP contribution in [0.1, 0.15) is 9.67 Å². The van der Waals surface area contributed by atoms with Crippen LogP contribution in [0.3, 0.4) is 0 Å². The molecule has 0 saturated heterocycles. The summed E-state index contributed by atoms with van der Waals surface area (Å²) in [5.74, 6) is -0.859. The summed E-state index contributed by atoms with van der Waals surface area (Å²) in [6.45, 7) is 0. The van der Waals surface area contributed by atoms with E-state index in [1.165, 1.54) is 23.5 Å². The SMILES string of the molecule is O=C(CS(=O)(=O)c1ccc(Br)cc1)c1cccs1. The van der Waals surface area contributed by atoms with Crippen LogP contribution in [-0.2, 0) is 9.84 Å². The molecule has 0 atom stereocenters. The first-order chi connectivity index (χ1) is 8.49. The predicted molar refractivity (Wildman–Crippen MR) is 74.8 cm³/mol. The summed E-state index contributed by atoms with van der Waals surface area (Å²) >= 11 is 4.48. The maximum Gasteiger partial charge on any atom is 0.188 e. The summed E-state index contributed by atoms with van der Waals surface area (Å²) < 4.78 is 24.8. The number of hydrogen-bond acceptors (Lipinski definition) is 4. The van der Waals surface area contributed by atoms with Gasteiger partial charge in [-0.15, -0.1) is 11.3 Å². The van der Waals surface area contributed by atoms with Gasteiger partial charge in [-0.3, -0.25) is 4.79 Å². The van der Waals surface area contributed by atoms with E-state index in [1.807, 2.05) is 0 Å². The highest BCUT2D eigenvalue weighted by atomic mass is 79.9. The summed E-state index contributed by atoms with van der Waals surface area (Å²) in [6, 6.07) is 9.61. The van der Waals surface area contributed by atoms with Crippen molar-refractivity contribution in [3.63, 3.8) is 0 Å². The quantitative estimate of drug-likeness (QED) is 0.800. The Hall–Kier alpha value is -0.980. The zero-order valence-corrected chi connectivity index (χ0v) is 12.4. The third-order valence-electron chi connectivity index (χ3n) is 2.29. The lowest BCUT2D eigenvalue weighted by Gasteiger charge is -2.03. The molecule has 2 aromatic rings. The fraction of sp³-hybridized carbons (Fsp3) is 0.0833. The van der Waals surface area contributed by atoms with E-state index in [-0.39, 0.29) is 10.7 Å². The van der Waals surface area contributed by atoms with E-state index in [4.69, 9.17) is 0 Å². The number of sulfone groups is 1. The minimum absolute atomic E-state index is 0.163. The van der Waals surface area contributed by atoms with Gasteiger partial charge in [0.15, 0.2) is 15.6 Å². The normalized spacial score (nSPS) is 11.4. The molecule has 1 aromatic carbocycles. The molecule has 0 bridgehead atoms. The van der Waals surface area contributed by atoms with Crippen molar-refractivity contribution in [3.05, 3.63) is 51.1 Å². The number of benzene rings is 1. The summed E-state index contributed by atoms with van der Waals surface area (Å²) in [6.07, 6.45) is 0. The first kappa shape index (κ1) is 13.5. The van der Waals surface area contributed by atoms with Gasteiger partial charge in [0, 0.05) is 4.47 Å². The van der Waals surface area contributed by atoms with Gasteiger partial charge in [0.1, 0.15) is 5.75 Å². The van der Waals surface area contributed by atoms with Crippen LogP contribution in [0.5, 0.6) is 0 Å². The lowest BCUT2D eigenvalue weighted by Crippen LogP contribution is -2.15. The van der Waals surface area contributed by atoms with Gasteiger partial charge in [0.05, 0.1) is 9.77 Å². The fourth-order valence-electron chi connectivity index (χ4n) is 1.41. The molecule has 0 N–H and O–H groups in total. The first-order valence-electron chi connectivity index (χ1n) is 5.04. The average Bonchev–Trinajstić information content (AvgIpc) is 2.82. The van der Waals surface area contributed by atoms with Crippen LogP contribution in [0.2, 0.25) is 0 Å². The van der Waals surface area contributed by atoms with E-state index in [0.29, 0.717) is 4.88 Å².